The Morgan fingerprint density at radius 2 is 0.824 bits per heavy atom. The maximum absolute atomic E-state index is 13.4. The summed E-state index contributed by atoms with van der Waals surface area (Å²) < 4.78 is 37.8. The van der Waals surface area contributed by atoms with Crippen LogP contribution in [0.2, 0.25) is 0 Å². The number of ether oxygens (including phenoxy) is 2. The molecule has 0 bridgehead atoms. The summed E-state index contributed by atoms with van der Waals surface area (Å²) in [6.45, 7) is 0. The first-order valence-corrected chi connectivity index (χ1v) is 13.9. The van der Waals surface area contributed by atoms with E-state index in [4.69, 9.17) is 9.47 Å². The zero-order valence-electron chi connectivity index (χ0n) is 19.2. The van der Waals surface area contributed by atoms with Crippen LogP contribution in [-0.4, -0.2) is 26.5 Å². The van der Waals surface area contributed by atoms with Crippen LogP contribution in [0, 0.1) is 0 Å². The van der Waals surface area contributed by atoms with Gasteiger partial charge in [-0.15, -0.1) is 0 Å². The van der Waals surface area contributed by atoms with Crippen molar-refractivity contribution in [2.24, 2.45) is 0 Å². The Bertz CT molecular complexity index is 1230. The van der Waals surface area contributed by atoms with Gasteiger partial charge in [0.1, 0.15) is 11.5 Å². The molecule has 0 N–H and O–H groups in total. The Balaban J connectivity index is 1.58. The van der Waals surface area contributed by atoms with Crippen molar-refractivity contribution in [3.8, 4) is 33.8 Å². The number of rotatable bonds is 9. The second-order valence-electron chi connectivity index (χ2n) is 7.64. The zero-order chi connectivity index (χ0) is 23.9. The molecule has 4 aromatic carbocycles. The first kappa shape index (κ1) is 23.8. The van der Waals surface area contributed by atoms with E-state index in [1.54, 1.807) is 14.2 Å². The highest BCUT2D eigenvalue weighted by atomic mass is 31.1. The van der Waals surface area contributed by atoms with Gasteiger partial charge in [0.15, 0.2) is 22.9 Å². The van der Waals surface area contributed by atoms with Gasteiger partial charge in [0.25, 0.3) is 0 Å². The van der Waals surface area contributed by atoms with Crippen LogP contribution in [0.1, 0.15) is 0 Å². The topological polar surface area (TPSA) is 52.6 Å². The first-order chi connectivity index (χ1) is 16.6. The van der Waals surface area contributed by atoms with E-state index in [2.05, 4.69) is 0 Å². The van der Waals surface area contributed by atoms with E-state index in [9.17, 15) is 9.13 Å². The summed E-state index contributed by atoms with van der Waals surface area (Å²) in [5.41, 5.74) is 3.56. The lowest BCUT2D eigenvalue weighted by Gasteiger charge is -2.08. The Kier molecular flexibility index (Phi) is 7.85. The smallest absolute Gasteiger partial charge is 0.382 e. The molecule has 4 nitrogen and oxygen atoms in total. The molecule has 0 aromatic heterocycles. The second-order valence-corrected chi connectivity index (χ2v) is 11.0. The molecule has 0 saturated carbocycles. The maximum atomic E-state index is 13.4. The normalized spacial score (nSPS) is 11.6. The molecular weight excluding hydrogens is 462 g/mol. The zero-order valence-corrected chi connectivity index (χ0v) is 21.0. The molecule has 0 aliphatic carbocycles. The van der Waals surface area contributed by atoms with Gasteiger partial charge in [-0.05, 0) is 36.4 Å². The Morgan fingerprint density at radius 3 is 1.21 bits per heavy atom. The molecule has 170 valence electrons. The van der Waals surface area contributed by atoms with Crippen molar-refractivity contribution in [1.82, 2.24) is 0 Å². The maximum Gasteiger partial charge on any atom is 0.382 e. The molecule has 0 fully saturated rings. The SMILES string of the molecule is COc1ccccc1-c1ccccc1[P+](=O)CC[P+](=O)c1ccccc1-c1ccccc1OC. The summed E-state index contributed by atoms with van der Waals surface area (Å²) in [5.74, 6) is 1.46. The number of hydrogen-bond acceptors (Lipinski definition) is 4. The summed E-state index contributed by atoms with van der Waals surface area (Å²) >= 11 is 0. The lowest BCUT2D eigenvalue weighted by molar-refractivity contribution is 0.416. The van der Waals surface area contributed by atoms with Gasteiger partial charge in [-0.3, -0.25) is 0 Å². The summed E-state index contributed by atoms with van der Waals surface area (Å²) in [6, 6.07) is 30.7. The van der Waals surface area contributed by atoms with E-state index in [0.29, 0.717) is 12.3 Å². The third kappa shape index (κ3) is 5.09. The lowest BCUT2D eigenvalue weighted by atomic mass is 10.0. The number of benzene rings is 4. The van der Waals surface area contributed by atoms with Crippen molar-refractivity contribution in [3.63, 3.8) is 0 Å². The van der Waals surface area contributed by atoms with E-state index < -0.39 is 15.6 Å². The Labute approximate surface area is 202 Å². The van der Waals surface area contributed by atoms with Gasteiger partial charge in [-0.1, -0.05) is 69.8 Å². The Hall–Kier alpha value is -3.32. The van der Waals surface area contributed by atoms with Crippen molar-refractivity contribution < 1.29 is 18.6 Å². The van der Waals surface area contributed by atoms with Crippen molar-refractivity contribution in [2.45, 2.75) is 0 Å². The van der Waals surface area contributed by atoms with Gasteiger partial charge in [-0.25, -0.2) is 0 Å². The fraction of sp³-hybridized carbons (Fsp3) is 0.143. The predicted octanol–water partition coefficient (Wildman–Crippen LogP) is 6.64. The molecule has 2 unspecified atom stereocenters. The standard InChI is InChI=1S/C28H26O4P2/c1-31-25-15-7-3-11-21(25)23-13-5-9-17-27(23)33(29)19-20-34(30)28-18-10-6-14-24(28)22-12-4-8-16-26(22)32-2/h3-18H,19-20H2,1-2H3/q+2. The van der Waals surface area contributed by atoms with Crippen LogP contribution in [0.15, 0.2) is 97.1 Å². The molecule has 0 aliphatic heterocycles. The molecule has 0 amide bonds. The van der Waals surface area contributed by atoms with Gasteiger partial charge in [-0.2, -0.15) is 0 Å². The summed E-state index contributed by atoms with van der Waals surface area (Å²) in [5, 5.41) is 1.51. The van der Waals surface area contributed by atoms with E-state index in [1.807, 2.05) is 97.1 Å². The van der Waals surface area contributed by atoms with Crippen molar-refractivity contribution in [2.75, 3.05) is 26.5 Å². The highest BCUT2D eigenvalue weighted by Gasteiger charge is 2.32. The molecule has 0 saturated heterocycles. The van der Waals surface area contributed by atoms with Crippen LogP contribution in [0.5, 0.6) is 11.5 Å². The molecule has 0 heterocycles. The van der Waals surface area contributed by atoms with E-state index >= 15 is 0 Å². The van der Waals surface area contributed by atoms with Crippen molar-refractivity contribution in [3.05, 3.63) is 97.1 Å². The predicted molar refractivity (Wildman–Crippen MR) is 141 cm³/mol. The third-order valence-corrected chi connectivity index (χ3v) is 9.11. The fourth-order valence-corrected chi connectivity index (χ4v) is 7.36. The quantitative estimate of drug-likeness (QED) is 0.248. The average Bonchev–Trinajstić information content (AvgIpc) is 2.91. The molecule has 6 heteroatoms. The fourth-order valence-electron chi connectivity index (χ4n) is 3.99. The second kappa shape index (κ2) is 11.2. The third-order valence-electron chi connectivity index (χ3n) is 5.65. The Morgan fingerprint density at radius 1 is 0.500 bits per heavy atom. The van der Waals surface area contributed by atoms with Crippen LogP contribution in [0.25, 0.3) is 22.3 Å². The van der Waals surface area contributed by atoms with Gasteiger partial charge in [0.05, 0.1) is 14.2 Å². The van der Waals surface area contributed by atoms with Crippen LogP contribution < -0.4 is 20.1 Å². The molecule has 34 heavy (non-hydrogen) atoms. The van der Waals surface area contributed by atoms with E-state index in [-0.39, 0.29) is 0 Å². The molecular formula is C28H26O4P2+2. The first-order valence-electron chi connectivity index (χ1n) is 11.0. The summed E-state index contributed by atoms with van der Waals surface area (Å²) in [6.07, 6.45) is 0.661. The number of para-hydroxylation sites is 2. The minimum absolute atomic E-state index is 0.330. The van der Waals surface area contributed by atoms with Crippen LogP contribution in [0.3, 0.4) is 0 Å². The lowest BCUT2D eigenvalue weighted by Crippen LogP contribution is -2.08. The molecule has 0 spiro atoms. The number of hydrogen-bond donors (Lipinski definition) is 0. The van der Waals surface area contributed by atoms with Crippen LogP contribution >= 0.6 is 15.6 Å². The van der Waals surface area contributed by atoms with Gasteiger partial charge < -0.3 is 9.47 Å². The van der Waals surface area contributed by atoms with Gasteiger partial charge in [0, 0.05) is 22.3 Å². The molecule has 0 aliphatic rings. The monoisotopic (exact) mass is 488 g/mol. The summed E-state index contributed by atoms with van der Waals surface area (Å²) in [4.78, 5) is 0. The minimum Gasteiger partial charge on any atom is -0.496 e. The van der Waals surface area contributed by atoms with Gasteiger partial charge in [0.2, 0.25) is 0 Å². The minimum atomic E-state index is -1.75. The van der Waals surface area contributed by atoms with Crippen LogP contribution in [0.4, 0.5) is 0 Å². The van der Waals surface area contributed by atoms with Crippen LogP contribution in [-0.2, 0) is 9.13 Å². The van der Waals surface area contributed by atoms with E-state index in [1.165, 1.54) is 0 Å². The van der Waals surface area contributed by atoms with E-state index in [0.717, 1.165) is 44.4 Å². The molecule has 0 radical (unpaired) electrons. The van der Waals surface area contributed by atoms with Gasteiger partial charge >= 0.3 is 15.6 Å². The van der Waals surface area contributed by atoms with Crippen molar-refractivity contribution in [1.29, 1.82) is 0 Å². The highest BCUT2D eigenvalue weighted by molar-refractivity contribution is 7.58. The largest absolute Gasteiger partial charge is 0.496 e. The summed E-state index contributed by atoms with van der Waals surface area (Å²) in [7, 11) is -0.235. The molecule has 2 atom stereocenters. The average molecular weight is 488 g/mol. The molecule has 4 aromatic rings. The number of methoxy groups -OCH3 is 2. The van der Waals surface area contributed by atoms with Crippen molar-refractivity contribution >= 4 is 26.2 Å². The highest BCUT2D eigenvalue weighted by Crippen LogP contribution is 2.37. The molecule has 4 rings (SSSR count).